The molecule has 0 spiro atoms. The summed E-state index contributed by atoms with van der Waals surface area (Å²) in [7, 11) is -4.19. The van der Waals surface area contributed by atoms with E-state index in [1.807, 2.05) is 19.1 Å². The SMILES string of the molecule is CCc1ccc(NC(=O)c2ccc(F)c(S(=O)(=O)N3CCN(c4ccccc4F)CC3)c2)cc1. The highest BCUT2D eigenvalue weighted by atomic mass is 32.2. The van der Waals surface area contributed by atoms with Crippen LogP contribution in [0.15, 0.2) is 71.6 Å². The first-order chi connectivity index (χ1) is 16.3. The summed E-state index contributed by atoms with van der Waals surface area (Å²) in [6.45, 7) is 2.67. The van der Waals surface area contributed by atoms with Gasteiger partial charge in [-0.1, -0.05) is 31.2 Å². The van der Waals surface area contributed by atoms with E-state index in [0.717, 1.165) is 28.4 Å². The van der Waals surface area contributed by atoms with Crippen LogP contribution >= 0.6 is 0 Å². The van der Waals surface area contributed by atoms with Crippen LogP contribution in [0.1, 0.15) is 22.8 Å². The van der Waals surface area contributed by atoms with Crippen molar-refractivity contribution in [2.24, 2.45) is 0 Å². The van der Waals surface area contributed by atoms with Crippen LogP contribution in [-0.4, -0.2) is 44.8 Å². The number of nitrogens with zero attached hydrogens (tertiary/aromatic N) is 2. The van der Waals surface area contributed by atoms with Gasteiger partial charge in [0.05, 0.1) is 5.69 Å². The average molecular weight is 486 g/mol. The monoisotopic (exact) mass is 485 g/mol. The maximum atomic E-state index is 14.6. The van der Waals surface area contributed by atoms with Gasteiger partial charge in [0.25, 0.3) is 5.91 Å². The number of hydrogen-bond acceptors (Lipinski definition) is 4. The molecule has 178 valence electrons. The minimum Gasteiger partial charge on any atom is -0.367 e. The Balaban J connectivity index is 1.50. The molecular weight excluding hydrogens is 460 g/mol. The molecule has 0 radical (unpaired) electrons. The van der Waals surface area contributed by atoms with Gasteiger partial charge in [-0.2, -0.15) is 4.31 Å². The molecule has 9 heteroatoms. The van der Waals surface area contributed by atoms with Crippen LogP contribution in [0.3, 0.4) is 0 Å². The average Bonchev–Trinajstić information content (AvgIpc) is 2.85. The first kappa shape index (κ1) is 23.8. The third-order valence-electron chi connectivity index (χ3n) is 5.86. The van der Waals surface area contributed by atoms with E-state index in [1.54, 1.807) is 35.2 Å². The van der Waals surface area contributed by atoms with Crippen molar-refractivity contribution in [2.75, 3.05) is 36.4 Å². The minimum atomic E-state index is -4.19. The van der Waals surface area contributed by atoms with Crippen molar-refractivity contribution in [3.05, 3.63) is 89.5 Å². The van der Waals surface area contributed by atoms with E-state index in [9.17, 15) is 22.0 Å². The molecule has 1 aliphatic heterocycles. The molecule has 0 unspecified atom stereocenters. The van der Waals surface area contributed by atoms with Gasteiger partial charge in [0.2, 0.25) is 10.0 Å². The fraction of sp³-hybridized carbons (Fsp3) is 0.240. The van der Waals surface area contributed by atoms with Gasteiger partial charge in [-0.15, -0.1) is 0 Å². The lowest BCUT2D eigenvalue weighted by atomic mass is 10.1. The van der Waals surface area contributed by atoms with Gasteiger partial charge in [0.1, 0.15) is 16.5 Å². The molecule has 6 nitrogen and oxygen atoms in total. The smallest absolute Gasteiger partial charge is 0.255 e. The van der Waals surface area contributed by atoms with Gasteiger partial charge >= 0.3 is 0 Å². The third-order valence-corrected chi connectivity index (χ3v) is 7.78. The van der Waals surface area contributed by atoms with Crippen LogP contribution in [0.2, 0.25) is 0 Å². The number of benzene rings is 3. The maximum Gasteiger partial charge on any atom is 0.255 e. The Morgan fingerprint density at radius 1 is 0.912 bits per heavy atom. The molecule has 3 aromatic rings. The van der Waals surface area contributed by atoms with Crippen molar-refractivity contribution >= 4 is 27.3 Å². The van der Waals surface area contributed by atoms with Crippen molar-refractivity contribution in [1.82, 2.24) is 4.31 Å². The number of para-hydroxylation sites is 1. The van der Waals surface area contributed by atoms with Crippen LogP contribution in [-0.2, 0) is 16.4 Å². The van der Waals surface area contributed by atoms with Crippen LogP contribution in [0.4, 0.5) is 20.2 Å². The second-order valence-electron chi connectivity index (χ2n) is 7.99. The van der Waals surface area contributed by atoms with Crippen molar-refractivity contribution < 1.29 is 22.0 Å². The van der Waals surface area contributed by atoms with E-state index in [2.05, 4.69) is 5.32 Å². The quantitative estimate of drug-likeness (QED) is 0.566. The molecule has 1 saturated heterocycles. The van der Waals surface area contributed by atoms with Crippen molar-refractivity contribution in [3.63, 3.8) is 0 Å². The fourth-order valence-electron chi connectivity index (χ4n) is 3.89. The molecule has 1 amide bonds. The lowest BCUT2D eigenvalue weighted by Crippen LogP contribution is -2.49. The summed E-state index contributed by atoms with van der Waals surface area (Å²) in [6.07, 6.45) is 0.863. The molecule has 0 aromatic heterocycles. The predicted octanol–water partition coefficient (Wildman–Crippen LogP) is 4.29. The molecule has 1 fully saturated rings. The lowest BCUT2D eigenvalue weighted by molar-refractivity contribution is 0.102. The summed E-state index contributed by atoms with van der Waals surface area (Å²) in [5, 5.41) is 2.70. The molecule has 3 aromatic carbocycles. The Morgan fingerprint density at radius 3 is 2.24 bits per heavy atom. The number of aryl methyl sites for hydroxylation is 1. The van der Waals surface area contributed by atoms with Crippen LogP contribution in [0.25, 0.3) is 0 Å². The molecule has 0 saturated carbocycles. The van der Waals surface area contributed by atoms with Crippen molar-refractivity contribution in [3.8, 4) is 0 Å². The Bertz CT molecular complexity index is 1290. The summed E-state index contributed by atoms with van der Waals surface area (Å²) >= 11 is 0. The molecular formula is C25H25F2N3O3S. The third kappa shape index (κ3) is 4.95. The Morgan fingerprint density at radius 2 is 1.59 bits per heavy atom. The van der Waals surface area contributed by atoms with Gasteiger partial charge in [-0.05, 0) is 54.4 Å². The summed E-state index contributed by atoms with van der Waals surface area (Å²) in [6, 6.07) is 16.9. The van der Waals surface area contributed by atoms with E-state index in [0.29, 0.717) is 11.4 Å². The molecule has 34 heavy (non-hydrogen) atoms. The fourth-order valence-corrected chi connectivity index (χ4v) is 5.40. The van der Waals surface area contributed by atoms with Crippen LogP contribution < -0.4 is 10.2 Å². The van der Waals surface area contributed by atoms with E-state index in [1.165, 1.54) is 12.1 Å². The zero-order valence-electron chi connectivity index (χ0n) is 18.7. The Hall–Kier alpha value is -3.30. The number of piperazine rings is 1. The lowest BCUT2D eigenvalue weighted by Gasteiger charge is -2.35. The second kappa shape index (κ2) is 9.90. The largest absolute Gasteiger partial charge is 0.367 e. The van der Waals surface area contributed by atoms with Gasteiger partial charge in [-0.25, -0.2) is 17.2 Å². The topological polar surface area (TPSA) is 69.7 Å². The number of carbonyl (C=O) groups is 1. The highest BCUT2D eigenvalue weighted by Gasteiger charge is 2.32. The maximum absolute atomic E-state index is 14.6. The highest BCUT2D eigenvalue weighted by molar-refractivity contribution is 7.89. The van der Waals surface area contributed by atoms with E-state index in [-0.39, 0.29) is 37.6 Å². The van der Waals surface area contributed by atoms with Crippen LogP contribution in [0.5, 0.6) is 0 Å². The standard InChI is InChI=1S/C25H25F2N3O3S/c1-2-18-7-10-20(11-8-18)28-25(31)19-9-12-22(27)24(17-19)34(32,33)30-15-13-29(14-16-30)23-6-4-3-5-21(23)26/h3-12,17H,2,13-16H2,1H3,(H,28,31). The molecule has 0 aliphatic carbocycles. The number of hydrogen-bond donors (Lipinski definition) is 1. The van der Waals surface area contributed by atoms with Crippen molar-refractivity contribution in [2.45, 2.75) is 18.2 Å². The first-order valence-corrected chi connectivity index (χ1v) is 12.4. The van der Waals surface area contributed by atoms with Gasteiger partial charge < -0.3 is 10.2 Å². The second-order valence-corrected chi connectivity index (χ2v) is 9.90. The number of carbonyl (C=O) groups excluding carboxylic acids is 1. The summed E-state index contributed by atoms with van der Waals surface area (Å²) < 4.78 is 56.2. The first-order valence-electron chi connectivity index (χ1n) is 11.0. The molecule has 1 aliphatic rings. The summed E-state index contributed by atoms with van der Waals surface area (Å²) in [4.78, 5) is 13.9. The van der Waals surface area contributed by atoms with Crippen LogP contribution in [0, 0.1) is 11.6 Å². The highest BCUT2D eigenvalue weighted by Crippen LogP contribution is 2.25. The molecule has 1 N–H and O–H groups in total. The van der Waals surface area contributed by atoms with E-state index < -0.39 is 26.6 Å². The van der Waals surface area contributed by atoms with E-state index >= 15 is 0 Å². The molecule has 4 rings (SSSR count). The van der Waals surface area contributed by atoms with Gasteiger partial charge in [0.15, 0.2) is 0 Å². The minimum absolute atomic E-state index is 0.0320. The molecule has 0 bridgehead atoms. The predicted molar refractivity (Wildman–Crippen MR) is 128 cm³/mol. The Labute approximate surface area is 197 Å². The number of anilines is 2. The molecule has 1 heterocycles. The number of halogens is 2. The summed E-state index contributed by atoms with van der Waals surface area (Å²) in [5.41, 5.74) is 2.10. The van der Waals surface area contributed by atoms with Gasteiger partial charge in [-0.3, -0.25) is 4.79 Å². The van der Waals surface area contributed by atoms with Crippen molar-refractivity contribution in [1.29, 1.82) is 0 Å². The summed E-state index contributed by atoms with van der Waals surface area (Å²) in [5.74, 6) is -1.85. The number of sulfonamides is 1. The number of nitrogens with one attached hydrogen (secondary N) is 1. The zero-order chi connectivity index (χ0) is 24.3. The Kier molecular flexibility index (Phi) is 6.95. The number of amides is 1. The van der Waals surface area contributed by atoms with Gasteiger partial charge in [0, 0.05) is 37.4 Å². The normalized spacial score (nSPS) is 14.7. The molecule has 0 atom stereocenters. The number of rotatable bonds is 6. The zero-order valence-corrected chi connectivity index (χ0v) is 19.5. The van der Waals surface area contributed by atoms with E-state index in [4.69, 9.17) is 0 Å².